The molecule has 6 heteroatoms. The van der Waals surface area contributed by atoms with Crippen molar-refractivity contribution in [2.75, 3.05) is 6.61 Å². The Hall–Kier alpha value is -2.50. The second-order valence-electron chi connectivity index (χ2n) is 6.47. The lowest BCUT2D eigenvalue weighted by Gasteiger charge is -2.15. The van der Waals surface area contributed by atoms with Gasteiger partial charge in [-0.2, -0.15) is 13.2 Å². The molecule has 2 aromatic carbocycles. The Balaban J connectivity index is 1.73. The summed E-state index contributed by atoms with van der Waals surface area (Å²) >= 11 is 0. The van der Waals surface area contributed by atoms with Crippen molar-refractivity contribution in [2.45, 2.75) is 38.9 Å². The van der Waals surface area contributed by atoms with Crippen LogP contribution in [-0.4, -0.2) is 16.2 Å². The monoisotopic (exact) mass is 362 g/mol. The molecule has 0 bridgehead atoms. The Bertz CT molecular complexity index is 884. The lowest BCUT2D eigenvalue weighted by atomic mass is 10.0. The third-order valence-corrected chi connectivity index (χ3v) is 4.23. The number of halogens is 3. The molecule has 138 valence electrons. The van der Waals surface area contributed by atoms with E-state index in [2.05, 4.69) is 18.8 Å². The van der Waals surface area contributed by atoms with Gasteiger partial charge < -0.3 is 9.30 Å². The highest BCUT2D eigenvalue weighted by Gasteiger charge is 2.37. The molecule has 1 heterocycles. The van der Waals surface area contributed by atoms with Crippen LogP contribution in [0.4, 0.5) is 13.2 Å². The molecule has 3 rings (SSSR count). The van der Waals surface area contributed by atoms with Crippen LogP contribution in [0.2, 0.25) is 0 Å². The molecule has 0 saturated carbocycles. The topological polar surface area (TPSA) is 27.1 Å². The summed E-state index contributed by atoms with van der Waals surface area (Å²) in [6, 6.07) is 14.4. The van der Waals surface area contributed by atoms with Gasteiger partial charge in [0.25, 0.3) is 0 Å². The summed E-state index contributed by atoms with van der Waals surface area (Å²) in [5.41, 5.74) is 1.94. The van der Waals surface area contributed by atoms with Crippen LogP contribution in [0.5, 0.6) is 5.75 Å². The number of para-hydroxylation sites is 3. The van der Waals surface area contributed by atoms with Crippen molar-refractivity contribution >= 4 is 11.0 Å². The summed E-state index contributed by atoms with van der Waals surface area (Å²) in [5.74, 6) is 0.246. The summed E-state index contributed by atoms with van der Waals surface area (Å²) in [4.78, 5) is 3.76. The molecular weight excluding hydrogens is 341 g/mol. The predicted molar refractivity (Wildman–Crippen MR) is 95.4 cm³/mol. The lowest BCUT2D eigenvalue weighted by Crippen LogP contribution is -2.16. The zero-order valence-corrected chi connectivity index (χ0v) is 14.8. The van der Waals surface area contributed by atoms with Gasteiger partial charge in [0, 0.05) is 6.54 Å². The zero-order valence-electron chi connectivity index (χ0n) is 14.8. The lowest BCUT2D eigenvalue weighted by molar-refractivity contribution is -0.147. The van der Waals surface area contributed by atoms with E-state index in [0.29, 0.717) is 30.0 Å². The van der Waals surface area contributed by atoms with Crippen LogP contribution in [-0.2, 0) is 12.7 Å². The van der Waals surface area contributed by atoms with E-state index in [4.69, 9.17) is 4.74 Å². The van der Waals surface area contributed by atoms with Crippen molar-refractivity contribution in [2.24, 2.45) is 0 Å². The molecule has 0 saturated heterocycles. The molecule has 0 amide bonds. The van der Waals surface area contributed by atoms with Gasteiger partial charge in [-0.05, 0) is 36.1 Å². The fraction of sp³-hybridized carbons (Fsp3) is 0.350. The van der Waals surface area contributed by atoms with E-state index in [0.717, 1.165) is 11.3 Å². The zero-order chi connectivity index (χ0) is 18.7. The van der Waals surface area contributed by atoms with Crippen LogP contribution < -0.4 is 4.74 Å². The molecule has 0 N–H and O–H groups in total. The van der Waals surface area contributed by atoms with Crippen LogP contribution in [0.15, 0.2) is 48.5 Å². The standard InChI is InChI=1S/C20H21F3N2O/c1-14(2)15-8-3-6-11-18(15)26-13-7-12-25-17-10-5-4-9-16(17)24-19(25)20(21,22)23/h3-6,8-11,14H,7,12-13H2,1-2H3. The quantitative estimate of drug-likeness (QED) is 0.530. The maximum Gasteiger partial charge on any atom is 0.449 e. The van der Waals surface area contributed by atoms with E-state index in [1.54, 1.807) is 24.3 Å². The van der Waals surface area contributed by atoms with Gasteiger partial charge in [0.15, 0.2) is 0 Å². The van der Waals surface area contributed by atoms with Gasteiger partial charge in [-0.25, -0.2) is 4.98 Å². The summed E-state index contributed by atoms with van der Waals surface area (Å²) in [6.07, 6.45) is -4.03. The Morgan fingerprint density at radius 1 is 1.04 bits per heavy atom. The molecule has 3 aromatic rings. The molecule has 0 atom stereocenters. The van der Waals surface area contributed by atoms with E-state index in [1.807, 2.05) is 24.3 Å². The van der Waals surface area contributed by atoms with Crippen molar-refractivity contribution in [3.8, 4) is 5.75 Å². The Morgan fingerprint density at radius 2 is 1.73 bits per heavy atom. The van der Waals surface area contributed by atoms with Crippen LogP contribution in [0.3, 0.4) is 0 Å². The van der Waals surface area contributed by atoms with E-state index in [1.165, 1.54) is 4.57 Å². The molecule has 0 aliphatic heterocycles. The fourth-order valence-electron chi connectivity index (χ4n) is 3.01. The van der Waals surface area contributed by atoms with Crippen molar-refractivity contribution in [3.05, 3.63) is 59.9 Å². The first kappa shape index (κ1) is 18.3. The number of aryl methyl sites for hydroxylation is 1. The third-order valence-electron chi connectivity index (χ3n) is 4.23. The van der Waals surface area contributed by atoms with Gasteiger partial charge in [0.1, 0.15) is 5.75 Å². The molecule has 26 heavy (non-hydrogen) atoms. The summed E-state index contributed by atoms with van der Waals surface area (Å²) in [6.45, 7) is 4.69. The predicted octanol–water partition coefficient (Wildman–Crippen LogP) is 5.65. The smallest absolute Gasteiger partial charge is 0.449 e. The van der Waals surface area contributed by atoms with Crippen LogP contribution in [0.1, 0.15) is 37.6 Å². The minimum atomic E-state index is -4.48. The molecule has 0 spiro atoms. The molecule has 0 unspecified atom stereocenters. The van der Waals surface area contributed by atoms with Crippen LogP contribution in [0.25, 0.3) is 11.0 Å². The number of rotatable bonds is 6. The number of hydrogen-bond donors (Lipinski definition) is 0. The number of ether oxygens (including phenoxy) is 1. The number of nitrogens with zero attached hydrogens (tertiary/aromatic N) is 2. The summed E-state index contributed by atoms with van der Waals surface area (Å²) in [5, 5.41) is 0. The highest BCUT2D eigenvalue weighted by Crippen LogP contribution is 2.32. The number of benzene rings is 2. The Kier molecular flexibility index (Phi) is 5.20. The molecule has 0 radical (unpaired) electrons. The molecule has 0 aliphatic carbocycles. The maximum atomic E-state index is 13.3. The van der Waals surface area contributed by atoms with Crippen molar-refractivity contribution in [1.82, 2.24) is 9.55 Å². The minimum Gasteiger partial charge on any atom is -0.493 e. The largest absolute Gasteiger partial charge is 0.493 e. The second-order valence-corrected chi connectivity index (χ2v) is 6.47. The average molecular weight is 362 g/mol. The summed E-state index contributed by atoms with van der Waals surface area (Å²) < 4.78 is 46.9. The number of imidazole rings is 1. The van der Waals surface area contributed by atoms with Crippen LogP contribution >= 0.6 is 0 Å². The van der Waals surface area contributed by atoms with Gasteiger partial charge in [0.2, 0.25) is 5.82 Å². The average Bonchev–Trinajstić information content (AvgIpc) is 2.98. The van der Waals surface area contributed by atoms with Gasteiger partial charge in [-0.1, -0.05) is 44.2 Å². The third kappa shape index (κ3) is 3.84. The SMILES string of the molecule is CC(C)c1ccccc1OCCCn1c(C(F)(F)F)nc2ccccc21. The molecule has 1 aromatic heterocycles. The van der Waals surface area contributed by atoms with Gasteiger partial charge in [-0.15, -0.1) is 0 Å². The Labute approximate surface area is 150 Å². The summed E-state index contributed by atoms with van der Waals surface area (Å²) in [7, 11) is 0. The molecule has 3 nitrogen and oxygen atoms in total. The normalized spacial score (nSPS) is 12.1. The fourth-order valence-corrected chi connectivity index (χ4v) is 3.01. The number of fused-ring (bicyclic) bond motifs is 1. The van der Waals surface area contributed by atoms with Crippen molar-refractivity contribution in [1.29, 1.82) is 0 Å². The number of alkyl halides is 3. The highest BCUT2D eigenvalue weighted by molar-refractivity contribution is 5.76. The van der Waals surface area contributed by atoms with E-state index < -0.39 is 12.0 Å². The molecule has 0 fully saturated rings. The first-order valence-corrected chi connectivity index (χ1v) is 8.62. The highest BCUT2D eigenvalue weighted by atomic mass is 19.4. The second kappa shape index (κ2) is 7.40. The number of hydrogen-bond acceptors (Lipinski definition) is 2. The van der Waals surface area contributed by atoms with Gasteiger partial charge in [0.05, 0.1) is 17.6 Å². The van der Waals surface area contributed by atoms with Gasteiger partial charge >= 0.3 is 6.18 Å². The number of aromatic nitrogens is 2. The Morgan fingerprint density at radius 3 is 2.46 bits per heavy atom. The van der Waals surface area contributed by atoms with Crippen molar-refractivity contribution in [3.63, 3.8) is 0 Å². The van der Waals surface area contributed by atoms with E-state index in [9.17, 15) is 13.2 Å². The maximum absolute atomic E-state index is 13.3. The van der Waals surface area contributed by atoms with Gasteiger partial charge in [-0.3, -0.25) is 0 Å². The van der Waals surface area contributed by atoms with Crippen LogP contribution in [0, 0.1) is 0 Å². The van der Waals surface area contributed by atoms with E-state index >= 15 is 0 Å². The molecular formula is C20H21F3N2O. The first-order valence-electron chi connectivity index (χ1n) is 8.62. The molecule has 0 aliphatic rings. The van der Waals surface area contributed by atoms with Crippen molar-refractivity contribution < 1.29 is 17.9 Å². The minimum absolute atomic E-state index is 0.194. The first-order chi connectivity index (χ1) is 12.4. The van der Waals surface area contributed by atoms with E-state index in [-0.39, 0.29) is 6.54 Å².